The van der Waals surface area contributed by atoms with Crippen molar-refractivity contribution in [2.24, 2.45) is 0 Å². The minimum Gasteiger partial charge on any atom is -0.340 e. The first-order chi connectivity index (χ1) is 5.66. The van der Waals surface area contributed by atoms with E-state index in [-0.39, 0.29) is 11.4 Å². The Hall–Kier alpha value is -1.01. The molecule has 1 aliphatic heterocycles. The molecule has 1 amide bonds. The van der Waals surface area contributed by atoms with Crippen molar-refractivity contribution in [2.75, 3.05) is 13.1 Å². The van der Waals surface area contributed by atoms with Gasteiger partial charge in [-0.1, -0.05) is 0 Å². The van der Waals surface area contributed by atoms with E-state index < -0.39 is 0 Å². The molecule has 3 nitrogen and oxygen atoms in total. The summed E-state index contributed by atoms with van der Waals surface area (Å²) in [5, 5.41) is 6.06. The fourth-order valence-electron chi connectivity index (χ4n) is 1.41. The average molecular weight is 166 g/mol. The molecule has 0 radical (unpaired) electrons. The number of hydrogen-bond donors (Lipinski definition) is 2. The van der Waals surface area contributed by atoms with Gasteiger partial charge in [-0.15, -0.1) is 6.42 Å². The molecule has 0 bridgehead atoms. The highest BCUT2D eigenvalue weighted by Crippen LogP contribution is 2.16. The Morgan fingerprint density at radius 1 is 1.58 bits per heavy atom. The Bertz CT molecular complexity index is 211. The van der Waals surface area contributed by atoms with Gasteiger partial charge in [-0.25, -0.2) is 0 Å². The van der Waals surface area contributed by atoms with Crippen molar-refractivity contribution in [2.45, 2.75) is 25.3 Å². The summed E-state index contributed by atoms with van der Waals surface area (Å²) < 4.78 is 0. The van der Waals surface area contributed by atoms with Gasteiger partial charge in [-0.2, -0.15) is 0 Å². The summed E-state index contributed by atoms with van der Waals surface area (Å²) in [7, 11) is 0. The highest BCUT2D eigenvalue weighted by molar-refractivity contribution is 5.93. The van der Waals surface area contributed by atoms with Crippen LogP contribution in [0.3, 0.4) is 0 Å². The number of nitrogens with one attached hydrogen (secondary N) is 2. The lowest BCUT2D eigenvalue weighted by molar-refractivity contribution is -0.117. The predicted octanol–water partition coefficient (Wildman–Crippen LogP) is -0.122. The molecule has 0 saturated carbocycles. The molecule has 0 aromatic rings. The van der Waals surface area contributed by atoms with Crippen LogP contribution in [0.4, 0.5) is 0 Å². The lowest BCUT2D eigenvalue weighted by Crippen LogP contribution is -2.52. The van der Waals surface area contributed by atoms with E-state index in [1.54, 1.807) is 0 Å². The molecular formula is C9H14N2O. The van der Waals surface area contributed by atoms with Gasteiger partial charge in [-0.3, -0.25) is 4.79 Å². The van der Waals surface area contributed by atoms with E-state index in [1.807, 2.05) is 6.92 Å². The van der Waals surface area contributed by atoms with Crippen LogP contribution in [0.2, 0.25) is 0 Å². The van der Waals surface area contributed by atoms with E-state index >= 15 is 0 Å². The third-order valence-corrected chi connectivity index (χ3v) is 2.25. The Kier molecular flexibility index (Phi) is 2.72. The second kappa shape index (κ2) is 3.59. The lowest BCUT2D eigenvalue weighted by Gasteiger charge is -2.34. The predicted molar refractivity (Wildman–Crippen MR) is 47.5 cm³/mol. The summed E-state index contributed by atoms with van der Waals surface area (Å²) >= 11 is 0. The molecule has 0 aliphatic carbocycles. The maximum absolute atomic E-state index is 10.9. The molecule has 2 N–H and O–H groups in total. The minimum atomic E-state index is -0.306. The van der Waals surface area contributed by atoms with Crippen LogP contribution >= 0.6 is 0 Å². The van der Waals surface area contributed by atoms with E-state index in [9.17, 15) is 4.79 Å². The van der Waals surface area contributed by atoms with Gasteiger partial charge >= 0.3 is 0 Å². The van der Waals surface area contributed by atoms with Crippen molar-refractivity contribution in [1.82, 2.24) is 10.6 Å². The molecule has 1 heterocycles. The van der Waals surface area contributed by atoms with E-state index in [0.717, 1.165) is 25.9 Å². The molecule has 1 aliphatic rings. The number of piperidine rings is 1. The largest absolute Gasteiger partial charge is 0.340 e. The molecule has 1 rings (SSSR count). The normalized spacial score (nSPS) is 21.0. The first-order valence-electron chi connectivity index (χ1n) is 4.16. The molecule has 3 heteroatoms. The fourth-order valence-corrected chi connectivity index (χ4v) is 1.41. The molecule has 0 spiro atoms. The second-order valence-electron chi connectivity index (χ2n) is 3.41. The third-order valence-electron chi connectivity index (χ3n) is 2.25. The van der Waals surface area contributed by atoms with Crippen molar-refractivity contribution < 1.29 is 4.79 Å². The van der Waals surface area contributed by atoms with Crippen LogP contribution in [0.5, 0.6) is 0 Å². The first kappa shape index (κ1) is 9.08. The molecule has 0 atom stereocenters. The van der Waals surface area contributed by atoms with Crippen LogP contribution in [-0.2, 0) is 4.79 Å². The summed E-state index contributed by atoms with van der Waals surface area (Å²) in [5.74, 6) is 1.76. The number of carbonyl (C=O) groups is 1. The van der Waals surface area contributed by atoms with Crippen molar-refractivity contribution in [1.29, 1.82) is 0 Å². The van der Waals surface area contributed by atoms with Crippen molar-refractivity contribution in [3.05, 3.63) is 0 Å². The molecule has 66 valence electrons. The number of hydrogen-bond acceptors (Lipinski definition) is 2. The number of terminal acetylenes is 1. The Balaban J connectivity index is 2.48. The zero-order valence-electron chi connectivity index (χ0n) is 7.31. The first-order valence-corrected chi connectivity index (χ1v) is 4.16. The van der Waals surface area contributed by atoms with E-state index in [0.29, 0.717) is 0 Å². The molecule has 1 saturated heterocycles. The van der Waals surface area contributed by atoms with Crippen LogP contribution in [0.25, 0.3) is 0 Å². The molecular weight excluding hydrogens is 152 g/mol. The van der Waals surface area contributed by atoms with Crippen molar-refractivity contribution in [3.63, 3.8) is 0 Å². The van der Waals surface area contributed by atoms with Gasteiger partial charge in [0.05, 0.1) is 0 Å². The highest BCUT2D eigenvalue weighted by atomic mass is 16.1. The highest BCUT2D eigenvalue weighted by Gasteiger charge is 2.27. The molecule has 12 heavy (non-hydrogen) atoms. The quantitative estimate of drug-likeness (QED) is 0.533. The number of amides is 1. The van der Waals surface area contributed by atoms with Gasteiger partial charge in [0.25, 0.3) is 5.91 Å². The zero-order chi connectivity index (χ0) is 9.03. The van der Waals surface area contributed by atoms with Gasteiger partial charge in [-0.05, 0) is 38.8 Å². The summed E-state index contributed by atoms with van der Waals surface area (Å²) in [4.78, 5) is 10.9. The lowest BCUT2D eigenvalue weighted by atomic mass is 9.90. The van der Waals surface area contributed by atoms with Gasteiger partial charge in [0, 0.05) is 5.54 Å². The summed E-state index contributed by atoms with van der Waals surface area (Å²) in [6.07, 6.45) is 6.86. The maximum Gasteiger partial charge on any atom is 0.296 e. The van der Waals surface area contributed by atoms with E-state index in [2.05, 4.69) is 16.6 Å². The monoisotopic (exact) mass is 166 g/mol. The Morgan fingerprint density at radius 3 is 2.67 bits per heavy atom. The van der Waals surface area contributed by atoms with Crippen molar-refractivity contribution in [3.8, 4) is 12.3 Å². The molecule has 0 unspecified atom stereocenters. The summed E-state index contributed by atoms with van der Waals surface area (Å²) in [6, 6.07) is 0. The Labute approximate surface area is 72.9 Å². The molecule has 0 aromatic carbocycles. The van der Waals surface area contributed by atoms with Crippen LogP contribution in [0.15, 0.2) is 0 Å². The molecule has 1 fully saturated rings. The van der Waals surface area contributed by atoms with E-state index in [1.165, 1.54) is 0 Å². The average Bonchev–Trinajstić information content (AvgIpc) is 2.05. The topological polar surface area (TPSA) is 41.1 Å². The number of rotatable bonds is 1. The van der Waals surface area contributed by atoms with Crippen LogP contribution < -0.4 is 10.6 Å². The molecule has 0 aromatic heterocycles. The zero-order valence-corrected chi connectivity index (χ0v) is 7.31. The van der Waals surface area contributed by atoms with Gasteiger partial charge < -0.3 is 10.6 Å². The maximum atomic E-state index is 10.9. The van der Waals surface area contributed by atoms with Crippen molar-refractivity contribution >= 4 is 5.91 Å². The third kappa shape index (κ3) is 2.24. The van der Waals surface area contributed by atoms with Crippen LogP contribution in [0, 0.1) is 12.3 Å². The fraction of sp³-hybridized carbons (Fsp3) is 0.667. The minimum absolute atomic E-state index is 0.102. The SMILES string of the molecule is C#CC(=O)NC1(C)CCNCC1. The van der Waals surface area contributed by atoms with Gasteiger partial charge in [0.1, 0.15) is 0 Å². The Morgan fingerprint density at radius 2 is 2.17 bits per heavy atom. The number of carbonyl (C=O) groups excluding carboxylic acids is 1. The van der Waals surface area contributed by atoms with Crippen LogP contribution in [-0.4, -0.2) is 24.5 Å². The van der Waals surface area contributed by atoms with E-state index in [4.69, 9.17) is 6.42 Å². The second-order valence-corrected chi connectivity index (χ2v) is 3.41. The summed E-state index contributed by atoms with van der Waals surface area (Å²) in [5.41, 5.74) is -0.102. The summed E-state index contributed by atoms with van der Waals surface area (Å²) in [6.45, 7) is 3.92. The smallest absolute Gasteiger partial charge is 0.296 e. The van der Waals surface area contributed by atoms with Gasteiger partial charge in [0.15, 0.2) is 0 Å². The van der Waals surface area contributed by atoms with Crippen LogP contribution in [0.1, 0.15) is 19.8 Å². The van der Waals surface area contributed by atoms with Gasteiger partial charge in [0.2, 0.25) is 0 Å². The standard InChI is InChI=1S/C9H14N2O/c1-3-8(12)11-9(2)4-6-10-7-5-9/h1,10H,4-7H2,2H3,(H,11,12).